The van der Waals surface area contributed by atoms with Gasteiger partial charge in [-0.3, -0.25) is 0 Å². The number of anilines is 1. The highest BCUT2D eigenvalue weighted by molar-refractivity contribution is 5.83. The van der Waals surface area contributed by atoms with Gasteiger partial charge in [-0.25, -0.2) is 4.79 Å². The molecule has 0 aromatic heterocycles. The molecule has 6 heteroatoms. The Morgan fingerprint density at radius 3 is 2.20 bits per heavy atom. The molecule has 0 heterocycles. The average Bonchev–Trinajstić information content (AvgIpc) is 2.39. The second-order valence-electron chi connectivity index (χ2n) is 5.19. The van der Waals surface area contributed by atoms with Crippen molar-refractivity contribution >= 4 is 11.7 Å². The van der Waals surface area contributed by atoms with Crippen LogP contribution in [0.3, 0.4) is 0 Å². The van der Waals surface area contributed by atoms with E-state index < -0.39 is 23.6 Å². The van der Waals surface area contributed by atoms with Gasteiger partial charge in [-0.2, -0.15) is 13.2 Å². The number of carboxylic acid groups (broad SMARTS) is 1. The summed E-state index contributed by atoms with van der Waals surface area (Å²) in [6, 6.07) is 8.71. The summed E-state index contributed by atoms with van der Waals surface area (Å²) < 4.78 is 38.0. The fourth-order valence-electron chi connectivity index (χ4n) is 2.63. The third kappa shape index (κ3) is 3.05. The van der Waals surface area contributed by atoms with E-state index in [4.69, 9.17) is 0 Å². The molecule has 3 nitrogen and oxygen atoms in total. The molecule has 1 aliphatic carbocycles. The predicted molar refractivity (Wildman–Crippen MR) is 68.4 cm³/mol. The highest BCUT2D eigenvalue weighted by atomic mass is 19.4. The number of alkyl halides is 3. The molecule has 20 heavy (non-hydrogen) atoms. The molecule has 0 unspecified atom stereocenters. The average molecular weight is 287 g/mol. The molecule has 2 rings (SSSR count). The van der Waals surface area contributed by atoms with E-state index >= 15 is 0 Å². The minimum atomic E-state index is -4.24. The van der Waals surface area contributed by atoms with E-state index in [-0.39, 0.29) is 25.7 Å². The van der Waals surface area contributed by atoms with Gasteiger partial charge in [-0.15, -0.1) is 0 Å². The molecule has 0 aliphatic heterocycles. The number of rotatable bonds is 3. The molecule has 0 amide bonds. The number of carboxylic acids is 1. The van der Waals surface area contributed by atoms with E-state index in [0.717, 1.165) is 0 Å². The molecule has 2 N–H and O–H groups in total. The number of nitrogens with one attached hydrogen (secondary N) is 1. The molecule has 0 atom stereocenters. The van der Waals surface area contributed by atoms with Gasteiger partial charge < -0.3 is 10.4 Å². The maximum absolute atomic E-state index is 12.7. The van der Waals surface area contributed by atoms with E-state index in [1.54, 1.807) is 30.3 Å². The Balaban J connectivity index is 2.12. The first kappa shape index (κ1) is 14.7. The maximum atomic E-state index is 12.7. The van der Waals surface area contributed by atoms with Crippen LogP contribution in [0.5, 0.6) is 0 Å². The standard InChI is InChI=1S/C14H16F3NO2/c15-14(16,17)10-6-8-13(9-7-10,12(19)20)18-11-4-2-1-3-5-11/h1-5,10,18H,6-9H2,(H,19,20). The summed E-state index contributed by atoms with van der Waals surface area (Å²) in [4.78, 5) is 11.5. The van der Waals surface area contributed by atoms with Crippen molar-refractivity contribution in [1.29, 1.82) is 0 Å². The van der Waals surface area contributed by atoms with Crippen molar-refractivity contribution in [3.63, 3.8) is 0 Å². The van der Waals surface area contributed by atoms with Gasteiger partial charge >= 0.3 is 12.1 Å². The SMILES string of the molecule is O=C(O)C1(Nc2ccccc2)CCC(C(F)(F)F)CC1. The number of benzene rings is 1. The van der Waals surface area contributed by atoms with E-state index in [1.165, 1.54) is 0 Å². The highest BCUT2D eigenvalue weighted by Gasteiger charge is 2.49. The monoisotopic (exact) mass is 287 g/mol. The zero-order valence-electron chi connectivity index (χ0n) is 10.8. The van der Waals surface area contributed by atoms with Gasteiger partial charge in [0.15, 0.2) is 0 Å². The van der Waals surface area contributed by atoms with Crippen LogP contribution in [-0.4, -0.2) is 22.8 Å². The van der Waals surface area contributed by atoms with Gasteiger partial charge in [0.2, 0.25) is 0 Å². The first-order valence-corrected chi connectivity index (χ1v) is 6.47. The van der Waals surface area contributed by atoms with Crippen molar-refractivity contribution in [2.75, 3.05) is 5.32 Å². The van der Waals surface area contributed by atoms with Crippen LogP contribution < -0.4 is 5.32 Å². The lowest BCUT2D eigenvalue weighted by Crippen LogP contribution is -2.50. The summed E-state index contributed by atoms with van der Waals surface area (Å²) in [5, 5.41) is 12.3. The Morgan fingerprint density at radius 1 is 1.20 bits per heavy atom. The molecule has 1 aromatic rings. The molecule has 1 fully saturated rings. The molecular formula is C14H16F3NO2. The Labute approximate surface area is 114 Å². The predicted octanol–water partition coefficient (Wildman–Crippen LogP) is 3.67. The molecule has 110 valence electrons. The Morgan fingerprint density at radius 2 is 1.75 bits per heavy atom. The first-order chi connectivity index (χ1) is 9.33. The number of carbonyl (C=O) groups is 1. The number of hydrogen-bond acceptors (Lipinski definition) is 2. The van der Waals surface area contributed by atoms with Crippen molar-refractivity contribution in [2.24, 2.45) is 5.92 Å². The number of aliphatic carboxylic acids is 1. The van der Waals surface area contributed by atoms with Gasteiger partial charge in [0.05, 0.1) is 5.92 Å². The summed E-state index contributed by atoms with van der Waals surface area (Å²) >= 11 is 0. The van der Waals surface area contributed by atoms with Gasteiger partial charge in [-0.05, 0) is 37.8 Å². The largest absolute Gasteiger partial charge is 0.480 e. The van der Waals surface area contributed by atoms with Crippen LogP contribution in [0.15, 0.2) is 30.3 Å². The molecular weight excluding hydrogens is 271 g/mol. The topological polar surface area (TPSA) is 49.3 Å². The lowest BCUT2D eigenvalue weighted by Gasteiger charge is -2.38. The van der Waals surface area contributed by atoms with Gasteiger partial charge in [0, 0.05) is 5.69 Å². The molecule has 0 spiro atoms. The molecule has 1 aliphatic rings. The highest BCUT2D eigenvalue weighted by Crippen LogP contribution is 2.42. The van der Waals surface area contributed by atoms with Crippen LogP contribution in [0.2, 0.25) is 0 Å². The van der Waals surface area contributed by atoms with E-state index in [0.29, 0.717) is 5.69 Å². The smallest absolute Gasteiger partial charge is 0.391 e. The van der Waals surface area contributed by atoms with Crippen LogP contribution in [0, 0.1) is 5.92 Å². The van der Waals surface area contributed by atoms with E-state index in [1.807, 2.05) is 0 Å². The van der Waals surface area contributed by atoms with Gasteiger partial charge in [0.1, 0.15) is 5.54 Å². The minimum Gasteiger partial charge on any atom is -0.480 e. The van der Waals surface area contributed by atoms with Crippen LogP contribution in [0.4, 0.5) is 18.9 Å². The third-order valence-electron chi connectivity index (χ3n) is 3.87. The summed E-state index contributed by atoms with van der Waals surface area (Å²) in [7, 11) is 0. The molecule has 0 bridgehead atoms. The lowest BCUT2D eigenvalue weighted by atomic mass is 9.76. The number of hydrogen-bond donors (Lipinski definition) is 2. The van der Waals surface area contributed by atoms with Crippen molar-refractivity contribution in [2.45, 2.75) is 37.4 Å². The molecule has 0 saturated heterocycles. The summed E-state index contributed by atoms with van der Waals surface area (Å²) in [5.74, 6) is -2.49. The fourth-order valence-corrected chi connectivity index (χ4v) is 2.63. The van der Waals surface area contributed by atoms with E-state index in [9.17, 15) is 23.1 Å². The maximum Gasteiger partial charge on any atom is 0.391 e. The summed E-state index contributed by atoms with van der Waals surface area (Å²) in [6.07, 6.45) is -4.61. The molecule has 0 radical (unpaired) electrons. The quantitative estimate of drug-likeness (QED) is 0.891. The van der Waals surface area contributed by atoms with Crippen molar-refractivity contribution in [3.8, 4) is 0 Å². The van der Waals surface area contributed by atoms with Crippen LogP contribution >= 0.6 is 0 Å². The zero-order chi connectivity index (χ0) is 14.8. The second kappa shape index (κ2) is 5.34. The first-order valence-electron chi connectivity index (χ1n) is 6.47. The van der Waals surface area contributed by atoms with Crippen molar-refractivity contribution in [3.05, 3.63) is 30.3 Å². The Kier molecular flexibility index (Phi) is 3.92. The molecule has 1 saturated carbocycles. The zero-order valence-corrected chi connectivity index (χ0v) is 10.8. The number of para-hydroxylation sites is 1. The Hall–Kier alpha value is -1.72. The van der Waals surface area contributed by atoms with Gasteiger partial charge in [0.25, 0.3) is 0 Å². The van der Waals surface area contributed by atoms with Crippen LogP contribution in [0.25, 0.3) is 0 Å². The minimum absolute atomic E-state index is 0.0264. The van der Waals surface area contributed by atoms with Crippen molar-refractivity contribution in [1.82, 2.24) is 0 Å². The fraction of sp³-hybridized carbons (Fsp3) is 0.500. The summed E-state index contributed by atoms with van der Waals surface area (Å²) in [6.45, 7) is 0. The third-order valence-corrected chi connectivity index (χ3v) is 3.87. The molecule has 1 aromatic carbocycles. The van der Waals surface area contributed by atoms with Crippen LogP contribution in [-0.2, 0) is 4.79 Å². The van der Waals surface area contributed by atoms with Crippen molar-refractivity contribution < 1.29 is 23.1 Å². The second-order valence-corrected chi connectivity index (χ2v) is 5.19. The lowest BCUT2D eigenvalue weighted by molar-refractivity contribution is -0.186. The number of halogens is 3. The van der Waals surface area contributed by atoms with Crippen LogP contribution in [0.1, 0.15) is 25.7 Å². The van der Waals surface area contributed by atoms with E-state index in [2.05, 4.69) is 5.32 Å². The normalized spacial score (nSPS) is 27.1. The summed E-state index contributed by atoms with van der Waals surface area (Å²) in [5.41, 5.74) is -0.691. The Bertz CT molecular complexity index is 465. The van der Waals surface area contributed by atoms with Gasteiger partial charge in [-0.1, -0.05) is 18.2 Å².